The Labute approximate surface area is 157 Å². The van der Waals surface area contributed by atoms with Crippen molar-refractivity contribution in [3.63, 3.8) is 0 Å². The number of hydrogen-bond acceptors (Lipinski definition) is 2. The fourth-order valence-electron chi connectivity index (χ4n) is 3.27. The number of benzene rings is 2. The third kappa shape index (κ3) is 3.83. The van der Waals surface area contributed by atoms with E-state index in [4.69, 9.17) is 11.6 Å². The lowest BCUT2D eigenvalue weighted by atomic mass is 9.98. The summed E-state index contributed by atoms with van der Waals surface area (Å²) in [4.78, 5) is 26.4. The number of rotatable bonds is 3. The molecule has 134 valence electrons. The molecule has 5 nitrogen and oxygen atoms in total. The zero-order valence-corrected chi connectivity index (χ0v) is 15.1. The lowest BCUT2D eigenvalue weighted by Gasteiger charge is -2.29. The maximum absolute atomic E-state index is 12.3. The molecule has 26 heavy (non-hydrogen) atoms. The lowest BCUT2D eigenvalue weighted by molar-refractivity contribution is -0.133. The minimum absolute atomic E-state index is 0.237. The first kappa shape index (κ1) is 16.9. The molecule has 4 rings (SSSR count). The molecule has 6 heteroatoms. The van der Waals surface area contributed by atoms with Gasteiger partial charge < -0.3 is 15.5 Å². The molecule has 2 aromatic rings. The summed E-state index contributed by atoms with van der Waals surface area (Å²) >= 11 is 5.93. The first-order valence-corrected chi connectivity index (χ1v) is 9.20. The minimum Gasteiger partial charge on any atom is -0.338 e. The van der Waals surface area contributed by atoms with Gasteiger partial charge in [-0.3, -0.25) is 4.79 Å². The fraction of sp³-hybridized carbons (Fsp3) is 0.300. The highest BCUT2D eigenvalue weighted by Gasteiger charge is 2.34. The average molecular weight is 370 g/mol. The third-order valence-electron chi connectivity index (χ3n) is 4.80. The molecular formula is C20H20ClN3O2. The predicted molar refractivity (Wildman–Crippen MR) is 102 cm³/mol. The van der Waals surface area contributed by atoms with Gasteiger partial charge >= 0.3 is 6.03 Å². The van der Waals surface area contributed by atoms with E-state index in [9.17, 15) is 9.59 Å². The van der Waals surface area contributed by atoms with E-state index in [-0.39, 0.29) is 17.9 Å². The quantitative estimate of drug-likeness (QED) is 0.848. The van der Waals surface area contributed by atoms with Crippen molar-refractivity contribution < 1.29 is 9.59 Å². The van der Waals surface area contributed by atoms with Crippen LogP contribution in [0.4, 0.5) is 16.2 Å². The van der Waals surface area contributed by atoms with Gasteiger partial charge in [-0.15, -0.1) is 0 Å². The average Bonchev–Trinajstić information content (AvgIpc) is 3.45. The Hall–Kier alpha value is -2.53. The molecule has 0 unspecified atom stereocenters. The standard InChI is InChI=1S/C20H20ClN3O2/c21-16-2-1-3-17(11-16)22-20(26)23-18-7-6-13-8-9-24(12-15(13)10-18)19(25)14-4-5-14/h1-3,6-7,10-11,14H,4-5,8-9,12H2,(H2,22,23,26). The monoisotopic (exact) mass is 369 g/mol. The second-order valence-electron chi connectivity index (χ2n) is 6.86. The van der Waals surface area contributed by atoms with E-state index in [1.807, 2.05) is 23.1 Å². The van der Waals surface area contributed by atoms with Crippen molar-refractivity contribution in [2.75, 3.05) is 17.2 Å². The molecule has 3 amide bonds. The molecule has 1 heterocycles. The van der Waals surface area contributed by atoms with Gasteiger partial charge in [-0.2, -0.15) is 0 Å². The highest BCUT2D eigenvalue weighted by molar-refractivity contribution is 6.30. The molecule has 0 bridgehead atoms. The first-order valence-electron chi connectivity index (χ1n) is 8.82. The van der Waals surface area contributed by atoms with Gasteiger partial charge in [0.05, 0.1) is 0 Å². The van der Waals surface area contributed by atoms with Gasteiger partial charge in [-0.25, -0.2) is 4.79 Å². The van der Waals surface area contributed by atoms with Crippen LogP contribution in [0.1, 0.15) is 24.0 Å². The van der Waals surface area contributed by atoms with Gasteiger partial charge in [0, 0.05) is 35.4 Å². The van der Waals surface area contributed by atoms with Gasteiger partial charge in [0.1, 0.15) is 0 Å². The minimum atomic E-state index is -0.325. The number of urea groups is 1. The van der Waals surface area contributed by atoms with Crippen molar-refractivity contribution >= 4 is 34.9 Å². The molecular weight excluding hydrogens is 350 g/mol. The molecule has 2 N–H and O–H groups in total. The van der Waals surface area contributed by atoms with Gasteiger partial charge in [0.2, 0.25) is 5.91 Å². The lowest BCUT2D eigenvalue weighted by Crippen LogP contribution is -2.36. The molecule has 1 aliphatic heterocycles. The summed E-state index contributed by atoms with van der Waals surface area (Å²) in [5, 5.41) is 6.17. The van der Waals surface area contributed by atoms with E-state index in [1.165, 1.54) is 5.56 Å². The van der Waals surface area contributed by atoms with Crippen molar-refractivity contribution in [1.82, 2.24) is 4.90 Å². The highest BCUT2D eigenvalue weighted by Crippen LogP contribution is 2.33. The van der Waals surface area contributed by atoms with Crippen LogP contribution in [0.3, 0.4) is 0 Å². The number of halogens is 1. The van der Waals surface area contributed by atoms with Gasteiger partial charge in [0.25, 0.3) is 0 Å². The summed E-state index contributed by atoms with van der Waals surface area (Å²) in [7, 11) is 0. The van der Waals surface area contributed by atoms with Gasteiger partial charge in [-0.05, 0) is 60.7 Å². The van der Waals surface area contributed by atoms with Crippen LogP contribution in [-0.4, -0.2) is 23.4 Å². The highest BCUT2D eigenvalue weighted by atomic mass is 35.5. The molecule has 1 fully saturated rings. The number of carbonyl (C=O) groups excluding carboxylic acids is 2. The normalized spacial score (nSPS) is 16.0. The molecule has 0 spiro atoms. The number of hydrogen-bond donors (Lipinski definition) is 2. The summed E-state index contributed by atoms with van der Waals surface area (Å²) in [6, 6.07) is 12.6. The maximum atomic E-state index is 12.3. The van der Waals surface area contributed by atoms with Gasteiger partial charge in [-0.1, -0.05) is 23.7 Å². The Bertz CT molecular complexity index is 864. The third-order valence-corrected chi connectivity index (χ3v) is 5.03. The Balaban J connectivity index is 1.42. The van der Waals surface area contributed by atoms with Crippen LogP contribution < -0.4 is 10.6 Å². The fourth-order valence-corrected chi connectivity index (χ4v) is 3.46. The largest absolute Gasteiger partial charge is 0.338 e. The number of fused-ring (bicyclic) bond motifs is 1. The van der Waals surface area contributed by atoms with E-state index < -0.39 is 0 Å². The molecule has 1 aliphatic carbocycles. The van der Waals surface area contributed by atoms with E-state index in [2.05, 4.69) is 10.6 Å². The summed E-state index contributed by atoms with van der Waals surface area (Å²) in [5.74, 6) is 0.508. The number of carbonyl (C=O) groups is 2. The molecule has 0 saturated heterocycles. The Morgan fingerprint density at radius 1 is 1.00 bits per heavy atom. The Morgan fingerprint density at radius 3 is 2.50 bits per heavy atom. The van der Waals surface area contributed by atoms with E-state index in [1.54, 1.807) is 24.3 Å². The zero-order valence-electron chi connectivity index (χ0n) is 14.3. The Kier molecular flexibility index (Phi) is 4.55. The summed E-state index contributed by atoms with van der Waals surface area (Å²) < 4.78 is 0. The topological polar surface area (TPSA) is 61.4 Å². The number of amides is 3. The predicted octanol–water partition coefficient (Wildman–Crippen LogP) is 4.28. The van der Waals surface area contributed by atoms with Crippen molar-refractivity contribution in [2.45, 2.75) is 25.8 Å². The van der Waals surface area contributed by atoms with E-state index >= 15 is 0 Å². The molecule has 0 atom stereocenters. The maximum Gasteiger partial charge on any atom is 0.323 e. The smallest absolute Gasteiger partial charge is 0.323 e. The van der Waals surface area contributed by atoms with Crippen LogP contribution in [0.2, 0.25) is 5.02 Å². The number of nitrogens with zero attached hydrogens (tertiary/aromatic N) is 1. The SMILES string of the molecule is O=C(Nc1cccc(Cl)c1)Nc1ccc2c(c1)CN(C(=O)C1CC1)CC2. The van der Waals surface area contributed by atoms with Crippen molar-refractivity contribution in [3.8, 4) is 0 Å². The molecule has 2 aromatic carbocycles. The zero-order chi connectivity index (χ0) is 18.1. The molecule has 0 aromatic heterocycles. The summed E-state index contributed by atoms with van der Waals surface area (Å²) in [6.07, 6.45) is 2.91. The number of anilines is 2. The summed E-state index contributed by atoms with van der Waals surface area (Å²) in [5.41, 5.74) is 3.69. The van der Waals surface area contributed by atoms with Crippen LogP contribution in [0.15, 0.2) is 42.5 Å². The van der Waals surface area contributed by atoms with Crippen LogP contribution in [-0.2, 0) is 17.8 Å². The van der Waals surface area contributed by atoms with Gasteiger partial charge in [0.15, 0.2) is 0 Å². The van der Waals surface area contributed by atoms with Crippen LogP contribution in [0, 0.1) is 5.92 Å². The molecule has 2 aliphatic rings. The van der Waals surface area contributed by atoms with Crippen LogP contribution >= 0.6 is 11.6 Å². The van der Waals surface area contributed by atoms with E-state index in [0.717, 1.165) is 31.4 Å². The molecule has 1 saturated carbocycles. The van der Waals surface area contributed by atoms with Crippen molar-refractivity contribution in [1.29, 1.82) is 0 Å². The van der Waals surface area contributed by atoms with Crippen molar-refractivity contribution in [3.05, 3.63) is 58.6 Å². The van der Waals surface area contributed by atoms with Crippen molar-refractivity contribution in [2.24, 2.45) is 5.92 Å². The second-order valence-corrected chi connectivity index (χ2v) is 7.29. The Morgan fingerprint density at radius 2 is 1.77 bits per heavy atom. The van der Waals surface area contributed by atoms with E-state index in [0.29, 0.717) is 22.9 Å². The number of nitrogens with one attached hydrogen (secondary N) is 2. The second kappa shape index (κ2) is 7.00. The van der Waals surface area contributed by atoms with Crippen LogP contribution in [0.5, 0.6) is 0 Å². The van der Waals surface area contributed by atoms with Crippen LogP contribution in [0.25, 0.3) is 0 Å². The molecule has 0 radical (unpaired) electrons. The summed E-state index contributed by atoms with van der Waals surface area (Å²) in [6.45, 7) is 1.40. The first-order chi connectivity index (χ1) is 12.6.